The van der Waals surface area contributed by atoms with Crippen LogP contribution in [0.15, 0.2) is 84.6 Å². The number of ketones is 1. The minimum atomic E-state index is -0.648. The largest absolute Gasteiger partial charge is 0.506 e. The molecule has 0 aromatic heterocycles. The molecule has 1 aliphatic carbocycles. The number of hydrogen-bond donors (Lipinski definition) is 2. The zero-order valence-electron chi connectivity index (χ0n) is 21.9. The van der Waals surface area contributed by atoms with Gasteiger partial charge in [0.25, 0.3) is 0 Å². The van der Waals surface area contributed by atoms with Gasteiger partial charge in [0.15, 0.2) is 5.78 Å². The molecule has 1 unspecified atom stereocenters. The van der Waals surface area contributed by atoms with E-state index in [0.29, 0.717) is 42.1 Å². The first-order valence-electron chi connectivity index (χ1n) is 12.4. The van der Waals surface area contributed by atoms with Gasteiger partial charge in [-0.2, -0.15) is 0 Å². The van der Waals surface area contributed by atoms with Crippen LogP contribution in [0.25, 0.3) is 0 Å². The van der Waals surface area contributed by atoms with Crippen LogP contribution in [0.1, 0.15) is 50.8 Å². The SMILES string of the molecule is C=C/C=C(\C=C)COc1ccc(C2C3=C(CC(C)(C)CC3=O)Nc3c(O)cccc3N2C(C)=O)c(C)c1. The zero-order valence-corrected chi connectivity index (χ0v) is 21.9. The molecule has 2 N–H and O–H groups in total. The standard InChI is InChI=1S/C31H34N2O4/c1-7-10-21(8-2)18-37-22-13-14-23(19(3)15-22)30-28-24(16-31(5,6)17-27(28)36)32-29-25(33(30)20(4)34)11-9-12-26(29)35/h7-15,30,32,35H,1-2,16-18H2,3-6H3/b21-10+. The Labute approximate surface area is 218 Å². The maximum Gasteiger partial charge on any atom is 0.224 e. The number of carbonyl (C=O) groups excluding carboxylic acids is 2. The summed E-state index contributed by atoms with van der Waals surface area (Å²) in [5.41, 5.74) is 4.62. The number of aryl methyl sites for hydroxylation is 1. The number of carbonyl (C=O) groups is 2. The molecule has 2 aliphatic rings. The monoisotopic (exact) mass is 498 g/mol. The van der Waals surface area contributed by atoms with Crippen molar-refractivity contribution >= 4 is 23.1 Å². The normalized spacial score (nSPS) is 18.8. The number of anilines is 2. The molecule has 1 atom stereocenters. The average molecular weight is 499 g/mol. The van der Waals surface area contributed by atoms with Crippen LogP contribution in [0.3, 0.4) is 0 Å². The number of allylic oxidation sites excluding steroid dienone is 3. The number of Topliss-reactive ketones (excluding diaryl/α,β-unsaturated/α-hetero) is 1. The van der Waals surface area contributed by atoms with Crippen molar-refractivity contribution in [2.45, 2.75) is 46.6 Å². The topological polar surface area (TPSA) is 78.9 Å². The van der Waals surface area contributed by atoms with E-state index in [1.54, 1.807) is 35.3 Å². The van der Waals surface area contributed by atoms with Gasteiger partial charge >= 0.3 is 0 Å². The summed E-state index contributed by atoms with van der Waals surface area (Å²) in [5.74, 6) is 0.461. The smallest absolute Gasteiger partial charge is 0.224 e. The molecule has 0 fully saturated rings. The Balaban J connectivity index is 1.87. The maximum absolute atomic E-state index is 13.7. The maximum atomic E-state index is 13.7. The highest BCUT2D eigenvalue weighted by molar-refractivity contribution is 6.06. The molecule has 2 aromatic rings. The fraction of sp³-hybridized carbons (Fsp3) is 0.290. The van der Waals surface area contributed by atoms with Crippen LogP contribution in [-0.4, -0.2) is 23.4 Å². The molecule has 1 aliphatic heterocycles. The van der Waals surface area contributed by atoms with Crippen molar-refractivity contribution < 1.29 is 19.4 Å². The number of amides is 1. The van der Waals surface area contributed by atoms with Gasteiger partial charge in [0, 0.05) is 24.6 Å². The third-order valence-electron chi connectivity index (χ3n) is 6.88. The summed E-state index contributed by atoms with van der Waals surface area (Å²) in [6.07, 6.45) is 6.24. The number of nitrogens with zero attached hydrogens (tertiary/aromatic N) is 1. The molecule has 1 amide bonds. The van der Waals surface area contributed by atoms with E-state index < -0.39 is 6.04 Å². The highest BCUT2D eigenvalue weighted by atomic mass is 16.5. The van der Waals surface area contributed by atoms with Crippen LogP contribution in [0, 0.1) is 12.3 Å². The molecule has 37 heavy (non-hydrogen) atoms. The Morgan fingerprint density at radius 1 is 1.24 bits per heavy atom. The van der Waals surface area contributed by atoms with Gasteiger partial charge in [-0.15, -0.1) is 0 Å². The lowest BCUT2D eigenvalue weighted by atomic mass is 9.73. The Bertz CT molecular complexity index is 1350. The number of rotatable bonds is 6. The van der Waals surface area contributed by atoms with E-state index in [0.717, 1.165) is 22.4 Å². The van der Waals surface area contributed by atoms with E-state index in [1.807, 2.05) is 31.2 Å². The third kappa shape index (κ3) is 5.10. The van der Waals surface area contributed by atoms with Gasteiger partial charge in [0.2, 0.25) is 5.91 Å². The fourth-order valence-corrected chi connectivity index (χ4v) is 5.22. The van der Waals surface area contributed by atoms with Crippen LogP contribution in [0.5, 0.6) is 11.5 Å². The third-order valence-corrected chi connectivity index (χ3v) is 6.88. The highest BCUT2D eigenvalue weighted by Crippen LogP contribution is 2.50. The zero-order chi connectivity index (χ0) is 26.9. The van der Waals surface area contributed by atoms with Crippen molar-refractivity contribution in [3.05, 3.63) is 95.8 Å². The summed E-state index contributed by atoms with van der Waals surface area (Å²) in [6, 6.07) is 10.1. The molecule has 4 rings (SSSR count). The van der Waals surface area contributed by atoms with E-state index in [2.05, 4.69) is 32.3 Å². The molecule has 6 nitrogen and oxygen atoms in total. The summed E-state index contributed by atoms with van der Waals surface area (Å²) in [4.78, 5) is 28.5. The number of para-hydroxylation sites is 1. The Hall–Kier alpha value is -4.06. The molecule has 0 radical (unpaired) electrons. The first-order valence-corrected chi connectivity index (χ1v) is 12.4. The second kappa shape index (κ2) is 10.1. The van der Waals surface area contributed by atoms with E-state index in [1.165, 1.54) is 6.92 Å². The first kappa shape index (κ1) is 26.0. The molecule has 0 bridgehead atoms. The predicted octanol–water partition coefficient (Wildman–Crippen LogP) is 6.54. The number of ether oxygens (including phenoxy) is 1. The molecule has 192 valence electrons. The van der Waals surface area contributed by atoms with E-state index >= 15 is 0 Å². The number of benzene rings is 2. The molecule has 0 saturated carbocycles. The Kier molecular flexibility index (Phi) is 7.12. The molecule has 0 saturated heterocycles. The molecule has 1 heterocycles. The lowest BCUT2D eigenvalue weighted by Crippen LogP contribution is -2.38. The van der Waals surface area contributed by atoms with E-state index in [9.17, 15) is 14.7 Å². The van der Waals surface area contributed by atoms with Crippen LogP contribution in [-0.2, 0) is 9.59 Å². The number of phenolic OH excluding ortho intramolecular Hbond substituents is 1. The quantitative estimate of drug-likeness (QED) is 0.349. The summed E-state index contributed by atoms with van der Waals surface area (Å²) < 4.78 is 5.97. The number of aromatic hydroxyl groups is 1. The number of fused-ring (bicyclic) bond motifs is 1. The Morgan fingerprint density at radius 2 is 2.00 bits per heavy atom. The highest BCUT2D eigenvalue weighted by Gasteiger charge is 2.43. The van der Waals surface area contributed by atoms with Gasteiger partial charge in [-0.25, -0.2) is 0 Å². The van der Waals surface area contributed by atoms with E-state index in [4.69, 9.17) is 4.74 Å². The predicted molar refractivity (Wildman–Crippen MR) is 148 cm³/mol. The molecule has 2 aromatic carbocycles. The van der Waals surface area contributed by atoms with Gasteiger partial charge in [-0.1, -0.05) is 57.4 Å². The average Bonchev–Trinajstić information content (AvgIpc) is 2.96. The van der Waals surface area contributed by atoms with Gasteiger partial charge in [-0.3, -0.25) is 14.5 Å². The molecule has 6 heteroatoms. The van der Waals surface area contributed by atoms with Crippen LogP contribution in [0.2, 0.25) is 0 Å². The lowest BCUT2D eigenvalue weighted by Gasteiger charge is -2.37. The number of nitrogens with one attached hydrogen (secondary N) is 1. The summed E-state index contributed by atoms with van der Waals surface area (Å²) in [5, 5.41) is 14.1. The number of phenols is 1. The van der Waals surface area contributed by atoms with Crippen LogP contribution >= 0.6 is 0 Å². The first-order chi connectivity index (χ1) is 17.6. The minimum Gasteiger partial charge on any atom is -0.506 e. The van der Waals surface area contributed by atoms with Gasteiger partial charge < -0.3 is 15.2 Å². The molecular formula is C31H34N2O4. The van der Waals surface area contributed by atoms with Crippen molar-refractivity contribution in [1.29, 1.82) is 0 Å². The summed E-state index contributed by atoms with van der Waals surface area (Å²) in [6.45, 7) is 15.4. The second-order valence-corrected chi connectivity index (χ2v) is 10.4. The van der Waals surface area contributed by atoms with Crippen molar-refractivity contribution in [2.75, 3.05) is 16.8 Å². The molecular weight excluding hydrogens is 464 g/mol. The van der Waals surface area contributed by atoms with Crippen LogP contribution < -0.4 is 15.0 Å². The van der Waals surface area contributed by atoms with Crippen LogP contribution in [0.4, 0.5) is 11.4 Å². The fourth-order valence-electron chi connectivity index (χ4n) is 5.22. The van der Waals surface area contributed by atoms with E-state index in [-0.39, 0.29) is 22.9 Å². The van der Waals surface area contributed by atoms with Crippen molar-refractivity contribution in [1.82, 2.24) is 0 Å². The van der Waals surface area contributed by atoms with Gasteiger partial charge in [0.1, 0.15) is 23.8 Å². The molecule has 0 spiro atoms. The van der Waals surface area contributed by atoms with Crippen molar-refractivity contribution in [3.63, 3.8) is 0 Å². The van der Waals surface area contributed by atoms with Crippen molar-refractivity contribution in [2.24, 2.45) is 5.41 Å². The lowest BCUT2D eigenvalue weighted by molar-refractivity contribution is -0.118. The second-order valence-electron chi connectivity index (χ2n) is 10.4. The Morgan fingerprint density at radius 3 is 2.65 bits per heavy atom. The number of hydrogen-bond acceptors (Lipinski definition) is 5. The summed E-state index contributed by atoms with van der Waals surface area (Å²) >= 11 is 0. The van der Waals surface area contributed by atoms with Gasteiger partial charge in [-0.05, 0) is 59.7 Å². The minimum absolute atomic E-state index is 0.00721. The van der Waals surface area contributed by atoms with Gasteiger partial charge in [0.05, 0.1) is 11.7 Å². The van der Waals surface area contributed by atoms with Crippen molar-refractivity contribution in [3.8, 4) is 11.5 Å². The summed E-state index contributed by atoms with van der Waals surface area (Å²) in [7, 11) is 0.